The van der Waals surface area contributed by atoms with Gasteiger partial charge in [-0.3, -0.25) is 0 Å². The van der Waals surface area contributed by atoms with Crippen LogP contribution in [0, 0.1) is 0 Å². The van der Waals surface area contributed by atoms with Crippen molar-refractivity contribution in [1.29, 1.82) is 0 Å². The molecule has 0 fully saturated rings. The molecule has 0 aliphatic carbocycles. The Labute approximate surface area is 114 Å². The smallest absolute Gasteiger partial charge is 0.119 e. The van der Waals surface area contributed by atoms with E-state index in [9.17, 15) is 0 Å². The molecular formula is C12H10Cl2N2S. The van der Waals surface area contributed by atoms with E-state index >= 15 is 0 Å². The van der Waals surface area contributed by atoms with Crippen molar-refractivity contribution in [2.24, 2.45) is 5.73 Å². The number of halogens is 2. The molecule has 0 saturated heterocycles. The molecular weight excluding hydrogens is 275 g/mol. The summed E-state index contributed by atoms with van der Waals surface area (Å²) in [6.07, 6.45) is 1.71. The van der Waals surface area contributed by atoms with Crippen LogP contribution in [-0.2, 0) is 6.54 Å². The maximum atomic E-state index is 6.09. The summed E-state index contributed by atoms with van der Waals surface area (Å²) >= 11 is 13.6. The average molecular weight is 285 g/mol. The lowest BCUT2D eigenvalue weighted by atomic mass is 10.2. The number of hydrogen-bond donors (Lipinski definition) is 1. The Kier molecular flexibility index (Phi) is 4.29. The minimum atomic E-state index is 0.395. The Balaban J connectivity index is 2.37. The van der Waals surface area contributed by atoms with Crippen LogP contribution in [0.5, 0.6) is 0 Å². The SMILES string of the molecule is NCc1c(Cl)cccc1Sc1ncccc1Cl. The first kappa shape index (κ1) is 12.7. The molecule has 0 aliphatic rings. The van der Waals surface area contributed by atoms with Crippen molar-refractivity contribution in [1.82, 2.24) is 4.98 Å². The maximum absolute atomic E-state index is 6.09. The molecule has 0 unspecified atom stereocenters. The number of rotatable bonds is 3. The third kappa shape index (κ3) is 2.93. The molecule has 0 saturated carbocycles. The molecule has 88 valence electrons. The van der Waals surface area contributed by atoms with Crippen molar-refractivity contribution in [3.05, 3.63) is 52.1 Å². The van der Waals surface area contributed by atoms with Crippen LogP contribution < -0.4 is 5.73 Å². The largest absolute Gasteiger partial charge is 0.326 e. The minimum Gasteiger partial charge on any atom is -0.326 e. The number of hydrogen-bond acceptors (Lipinski definition) is 3. The highest BCUT2D eigenvalue weighted by Gasteiger charge is 2.09. The molecule has 2 rings (SSSR count). The average Bonchev–Trinajstić information content (AvgIpc) is 2.32. The molecule has 0 spiro atoms. The van der Waals surface area contributed by atoms with Crippen LogP contribution in [-0.4, -0.2) is 4.98 Å². The second-order valence-corrected chi connectivity index (χ2v) is 5.16. The molecule has 2 aromatic rings. The van der Waals surface area contributed by atoms with Crippen molar-refractivity contribution in [2.45, 2.75) is 16.5 Å². The number of nitrogens with zero attached hydrogens (tertiary/aromatic N) is 1. The van der Waals surface area contributed by atoms with Crippen LogP contribution in [0.3, 0.4) is 0 Å². The summed E-state index contributed by atoms with van der Waals surface area (Å²) in [6.45, 7) is 0.395. The second-order valence-electron chi connectivity index (χ2n) is 3.31. The van der Waals surface area contributed by atoms with E-state index in [4.69, 9.17) is 28.9 Å². The van der Waals surface area contributed by atoms with E-state index in [1.165, 1.54) is 11.8 Å². The van der Waals surface area contributed by atoms with Crippen molar-refractivity contribution in [2.75, 3.05) is 0 Å². The van der Waals surface area contributed by atoms with Crippen molar-refractivity contribution < 1.29 is 0 Å². The van der Waals surface area contributed by atoms with Gasteiger partial charge < -0.3 is 5.73 Å². The van der Waals surface area contributed by atoms with Crippen molar-refractivity contribution in [3.8, 4) is 0 Å². The Morgan fingerprint density at radius 2 is 1.88 bits per heavy atom. The number of benzene rings is 1. The molecule has 17 heavy (non-hydrogen) atoms. The van der Waals surface area contributed by atoms with Gasteiger partial charge in [0.15, 0.2) is 0 Å². The molecule has 1 aromatic carbocycles. The van der Waals surface area contributed by atoms with Gasteiger partial charge in [0.05, 0.1) is 5.02 Å². The van der Waals surface area contributed by atoms with Gasteiger partial charge in [0.25, 0.3) is 0 Å². The summed E-state index contributed by atoms with van der Waals surface area (Å²) in [7, 11) is 0. The van der Waals surface area contributed by atoms with Crippen molar-refractivity contribution in [3.63, 3.8) is 0 Å². The molecule has 2 N–H and O–H groups in total. The third-order valence-corrected chi connectivity index (χ3v) is 4.10. The molecule has 2 nitrogen and oxygen atoms in total. The Hall–Kier alpha value is -0.740. The monoisotopic (exact) mass is 284 g/mol. The molecule has 5 heteroatoms. The van der Waals surface area contributed by atoms with Gasteiger partial charge in [-0.05, 0) is 29.8 Å². The normalized spacial score (nSPS) is 10.5. The zero-order chi connectivity index (χ0) is 12.3. The summed E-state index contributed by atoms with van der Waals surface area (Å²) in [5.74, 6) is 0. The number of nitrogens with two attached hydrogens (primary N) is 1. The van der Waals surface area contributed by atoms with E-state index in [1.54, 1.807) is 12.3 Å². The molecule has 0 amide bonds. The van der Waals surface area contributed by atoms with Gasteiger partial charge in [0.1, 0.15) is 5.03 Å². The standard InChI is InChI=1S/C12H10Cl2N2S/c13-9-3-1-5-11(8(9)7-15)17-12-10(14)4-2-6-16-12/h1-6H,7,15H2. The highest BCUT2D eigenvalue weighted by atomic mass is 35.5. The van der Waals surface area contributed by atoms with Gasteiger partial charge in [0, 0.05) is 22.7 Å². The van der Waals surface area contributed by atoms with Gasteiger partial charge in [0.2, 0.25) is 0 Å². The fraction of sp³-hybridized carbons (Fsp3) is 0.0833. The third-order valence-electron chi connectivity index (χ3n) is 2.21. The summed E-state index contributed by atoms with van der Waals surface area (Å²) in [6, 6.07) is 9.29. The fourth-order valence-corrected chi connectivity index (χ4v) is 2.88. The first-order chi connectivity index (χ1) is 8.22. The van der Waals surface area contributed by atoms with Crippen LogP contribution in [0.1, 0.15) is 5.56 Å². The minimum absolute atomic E-state index is 0.395. The van der Waals surface area contributed by atoms with Gasteiger partial charge in [-0.1, -0.05) is 41.0 Å². The van der Waals surface area contributed by atoms with E-state index in [0.29, 0.717) is 16.6 Å². The van der Waals surface area contributed by atoms with Gasteiger partial charge in [-0.2, -0.15) is 0 Å². The number of pyridine rings is 1. The second kappa shape index (κ2) is 5.74. The van der Waals surface area contributed by atoms with Crippen LogP contribution in [0.15, 0.2) is 46.5 Å². The van der Waals surface area contributed by atoms with Gasteiger partial charge in [-0.25, -0.2) is 4.98 Å². The van der Waals surface area contributed by atoms with Crippen LogP contribution in [0.2, 0.25) is 10.0 Å². The fourth-order valence-electron chi connectivity index (χ4n) is 1.38. The first-order valence-electron chi connectivity index (χ1n) is 4.98. The quantitative estimate of drug-likeness (QED) is 0.926. The predicted molar refractivity (Wildman–Crippen MR) is 72.7 cm³/mol. The molecule has 0 aliphatic heterocycles. The predicted octanol–water partition coefficient (Wildman–Crippen LogP) is 4.00. The molecule has 0 radical (unpaired) electrons. The lowest BCUT2D eigenvalue weighted by Gasteiger charge is -2.09. The first-order valence-corrected chi connectivity index (χ1v) is 6.55. The van der Waals surface area contributed by atoms with Crippen molar-refractivity contribution >= 4 is 35.0 Å². The topological polar surface area (TPSA) is 38.9 Å². The molecule has 1 heterocycles. The Morgan fingerprint density at radius 3 is 2.59 bits per heavy atom. The van der Waals surface area contributed by atoms with E-state index in [1.807, 2.05) is 24.3 Å². The van der Waals surface area contributed by atoms with E-state index in [-0.39, 0.29) is 0 Å². The molecule has 1 aromatic heterocycles. The zero-order valence-electron chi connectivity index (χ0n) is 8.86. The highest BCUT2D eigenvalue weighted by Crippen LogP contribution is 2.35. The Morgan fingerprint density at radius 1 is 1.12 bits per heavy atom. The summed E-state index contributed by atoms with van der Waals surface area (Å²) in [5.41, 5.74) is 6.61. The van der Waals surface area contributed by atoms with E-state index in [0.717, 1.165) is 15.5 Å². The van der Waals surface area contributed by atoms with E-state index < -0.39 is 0 Å². The van der Waals surface area contributed by atoms with Gasteiger partial charge >= 0.3 is 0 Å². The van der Waals surface area contributed by atoms with E-state index in [2.05, 4.69) is 4.98 Å². The van der Waals surface area contributed by atoms with Crippen LogP contribution in [0.4, 0.5) is 0 Å². The summed E-state index contributed by atoms with van der Waals surface area (Å²) in [5, 5.41) is 2.05. The summed E-state index contributed by atoms with van der Waals surface area (Å²) < 4.78 is 0. The van der Waals surface area contributed by atoms with Crippen LogP contribution in [0.25, 0.3) is 0 Å². The number of aromatic nitrogens is 1. The Bertz CT molecular complexity index is 532. The highest BCUT2D eigenvalue weighted by molar-refractivity contribution is 7.99. The van der Waals surface area contributed by atoms with Gasteiger partial charge in [-0.15, -0.1) is 0 Å². The maximum Gasteiger partial charge on any atom is 0.119 e. The molecule has 0 bridgehead atoms. The van der Waals surface area contributed by atoms with Crippen LogP contribution >= 0.6 is 35.0 Å². The lowest BCUT2D eigenvalue weighted by Crippen LogP contribution is -1.99. The summed E-state index contributed by atoms with van der Waals surface area (Å²) in [4.78, 5) is 5.21. The zero-order valence-corrected chi connectivity index (χ0v) is 11.2. The molecule has 0 atom stereocenters. The lowest BCUT2D eigenvalue weighted by molar-refractivity contribution is 1.02.